The lowest BCUT2D eigenvalue weighted by atomic mass is 9.96. The van der Waals surface area contributed by atoms with Gasteiger partial charge in [-0.25, -0.2) is 0 Å². The summed E-state index contributed by atoms with van der Waals surface area (Å²) in [6, 6.07) is 0.279. The van der Waals surface area contributed by atoms with E-state index < -0.39 is 11.5 Å². The summed E-state index contributed by atoms with van der Waals surface area (Å²) in [7, 11) is 0. The quantitative estimate of drug-likeness (QED) is 0.641. The van der Waals surface area contributed by atoms with Crippen molar-refractivity contribution in [3.05, 3.63) is 0 Å². The number of carbonyl (C=O) groups excluding carboxylic acids is 1. The molecular weight excluding hydrogens is 232 g/mol. The number of hydrogen-bond donors (Lipinski definition) is 3. The molecular formula is C13H24N2O3. The van der Waals surface area contributed by atoms with Crippen LogP contribution in [0.2, 0.25) is 0 Å². The molecule has 0 spiro atoms. The van der Waals surface area contributed by atoms with E-state index in [1.54, 1.807) is 6.92 Å². The van der Waals surface area contributed by atoms with Gasteiger partial charge in [-0.15, -0.1) is 0 Å². The third-order valence-corrected chi connectivity index (χ3v) is 3.58. The van der Waals surface area contributed by atoms with Crippen LogP contribution < -0.4 is 10.6 Å². The standard InChI is InChI=1S/C13H24N2O3/c1-3-8-13(2,12(17)18)14-9-11(16)15-10-6-4-5-7-10/h10,14H,3-9H2,1-2H3,(H,15,16)(H,17,18). The molecule has 1 atom stereocenters. The van der Waals surface area contributed by atoms with Gasteiger partial charge in [0.2, 0.25) is 5.91 Å². The third kappa shape index (κ3) is 4.29. The Bertz CT molecular complexity index is 301. The Kier molecular flexibility index (Phi) is 5.59. The predicted molar refractivity (Wildman–Crippen MR) is 69.4 cm³/mol. The molecule has 18 heavy (non-hydrogen) atoms. The van der Waals surface area contributed by atoms with E-state index in [-0.39, 0.29) is 18.5 Å². The average molecular weight is 256 g/mol. The van der Waals surface area contributed by atoms with Crippen molar-refractivity contribution in [3.63, 3.8) is 0 Å². The van der Waals surface area contributed by atoms with Gasteiger partial charge in [0.05, 0.1) is 6.54 Å². The molecule has 0 aromatic carbocycles. The van der Waals surface area contributed by atoms with E-state index in [0.717, 1.165) is 19.3 Å². The van der Waals surface area contributed by atoms with Crippen molar-refractivity contribution >= 4 is 11.9 Å². The van der Waals surface area contributed by atoms with Crippen LogP contribution in [0.4, 0.5) is 0 Å². The van der Waals surface area contributed by atoms with Crippen LogP contribution in [0.15, 0.2) is 0 Å². The number of carboxylic acid groups (broad SMARTS) is 1. The van der Waals surface area contributed by atoms with Crippen molar-refractivity contribution < 1.29 is 14.7 Å². The zero-order valence-electron chi connectivity index (χ0n) is 11.3. The normalized spacial score (nSPS) is 19.4. The van der Waals surface area contributed by atoms with Gasteiger partial charge in [0, 0.05) is 6.04 Å². The fraction of sp³-hybridized carbons (Fsp3) is 0.846. The summed E-state index contributed by atoms with van der Waals surface area (Å²) < 4.78 is 0. The molecule has 0 saturated heterocycles. The van der Waals surface area contributed by atoms with E-state index >= 15 is 0 Å². The van der Waals surface area contributed by atoms with Crippen molar-refractivity contribution in [2.75, 3.05) is 6.54 Å². The van der Waals surface area contributed by atoms with Gasteiger partial charge in [-0.05, 0) is 26.2 Å². The molecule has 3 N–H and O–H groups in total. The van der Waals surface area contributed by atoms with E-state index in [1.807, 2.05) is 6.92 Å². The lowest BCUT2D eigenvalue weighted by Crippen LogP contribution is -2.53. The number of hydrogen-bond acceptors (Lipinski definition) is 3. The van der Waals surface area contributed by atoms with Crippen LogP contribution in [0.3, 0.4) is 0 Å². The van der Waals surface area contributed by atoms with E-state index in [2.05, 4.69) is 10.6 Å². The van der Waals surface area contributed by atoms with Gasteiger partial charge in [-0.1, -0.05) is 26.2 Å². The SMILES string of the molecule is CCCC(C)(NCC(=O)NC1CCCC1)C(=O)O. The molecule has 0 heterocycles. The number of amides is 1. The van der Waals surface area contributed by atoms with Crippen LogP contribution in [0.5, 0.6) is 0 Å². The molecule has 0 aliphatic heterocycles. The van der Waals surface area contributed by atoms with Crippen LogP contribution in [0.1, 0.15) is 52.4 Å². The molecule has 1 aliphatic carbocycles. The number of nitrogens with one attached hydrogen (secondary N) is 2. The summed E-state index contributed by atoms with van der Waals surface area (Å²) in [5.41, 5.74) is -1.01. The summed E-state index contributed by atoms with van der Waals surface area (Å²) in [5.74, 6) is -1.01. The maximum Gasteiger partial charge on any atom is 0.323 e. The zero-order chi connectivity index (χ0) is 13.6. The van der Waals surface area contributed by atoms with E-state index in [9.17, 15) is 9.59 Å². The summed E-state index contributed by atoms with van der Waals surface area (Å²) >= 11 is 0. The van der Waals surface area contributed by atoms with E-state index in [4.69, 9.17) is 5.11 Å². The Morgan fingerprint density at radius 2 is 1.94 bits per heavy atom. The molecule has 1 aliphatic rings. The second-order valence-electron chi connectivity index (χ2n) is 5.29. The smallest absolute Gasteiger partial charge is 0.323 e. The van der Waals surface area contributed by atoms with Crippen LogP contribution in [-0.2, 0) is 9.59 Å². The molecule has 1 amide bonds. The first-order chi connectivity index (χ1) is 8.48. The molecule has 1 saturated carbocycles. The van der Waals surface area contributed by atoms with Gasteiger partial charge in [0.25, 0.3) is 0 Å². The van der Waals surface area contributed by atoms with Crippen molar-refractivity contribution in [1.82, 2.24) is 10.6 Å². The number of carboxylic acids is 1. The van der Waals surface area contributed by atoms with Crippen LogP contribution in [0.25, 0.3) is 0 Å². The number of aliphatic carboxylic acids is 1. The molecule has 1 fully saturated rings. The summed E-state index contributed by atoms with van der Waals surface area (Å²) in [6.07, 6.45) is 5.69. The van der Waals surface area contributed by atoms with E-state index in [0.29, 0.717) is 6.42 Å². The highest BCUT2D eigenvalue weighted by molar-refractivity contribution is 5.82. The second kappa shape index (κ2) is 6.73. The van der Waals surface area contributed by atoms with Gasteiger partial charge < -0.3 is 10.4 Å². The Balaban J connectivity index is 2.36. The van der Waals surface area contributed by atoms with Gasteiger partial charge in [-0.2, -0.15) is 0 Å². The number of carbonyl (C=O) groups is 2. The fourth-order valence-electron chi connectivity index (χ4n) is 2.40. The molecule has 104 valence electrons. The Morgan fingerprint density at radius 1 is 1.33 bits per heavy atom. The van der Waals surface area contributed by atoms with Crippen LogP contribution in [0, 0.1) is 0 Å². The van der Waals surface area contributed by atoms with Gasteiger partial charge in [0.1, 0.15) is 5.54 Å². The minimum atomic E-state index is -1.01. The van der Waals surface area contributed by atoms with Gasteiger partial charge in [0.15, 0.2) is 0 Å². The van der Waals surface area contributed by atoms with Crippen LogP contribution in [-0.4, -0.2) is 35.1 Å². The highest BCUT2D eigenvalue weighted by Gasteiger charge is 2.32. The molecule has 5 nitrogen and oxygen atoms in total. The van der Waals surface area contributed by atoms with Crippen LogP contribution >= 0.6 is 0 Å². The van der Waals surface area contributed by atoms with Crippen molar-refractivity contribution in [3.8, 4) is 0 Å². The zero-order valence-corrected chi connectivity index (χ0v) is 11.3. The molecule has 0 aromatic rings. The average Bonchev–Trinajstić information content (AvgIpc) is 2.79. The number of rotatable bonds is 7. The lowest BCUT2D eigenvalue weighted by Gasteiger charge is -2.26. The van der Waals surface area contributed by atoms with Crippen molar-refractivity contribution in [2.24, 2.45) is 0 Å². The summed E-state index contributed by atoms with van der Waals surface area (Å²) in [5, 5.41) is 15.0. The lowest BCUT2D eigenvalue weighted by molar-refractivity contribution is -0.144. The van der Waals surface area contributed by atoms with Gasteiger partial charge >= 0.3 is 5.97 Å². The highest BCUT2D eigenvalue weighted by atomic mass is 16.4. The molecule has 0 radical (unpaired) electrons. The topological polar surface area (TPSA) is 78.4 Å². The molecule has 1 unspecified atom stereocenters. The monoisotopic (exact) mass is 256 g/mol. The Hall–Kier alpha value is -1.10. The molecule has 5 heteroatoms. The maximum absolute atomic E-state index is 11.7. The van der Waals surface area contributed by atoms with Gasteiger partial charge in [-0.3, -0.25) is 14.9 Å². The fourth-order valence-corrected chi connectivity index (χ4v) is 2.40. The summed E-state index contributed by atoms with van der Waals surface area (Å²) in [4.78, 5) is 22.9. The first kappa shape index (κ1) is 15.0. The van der Waals surface area contributed by atoms with Crippen molar-refractivity contribution in [1.29, 1.82) is 0 Å². The molecule has 0 bridgehead atoms. The minimum Gasteiger partial charge on any atom is -0.480 e. The second-order valence-corrected chi connectivity index (χ2v) is 5.29. The Labute approximate surface area is 108 Å². The first-order valence-electron chi connectivity index (χ1n) is 6.75. The highest BCUT2D eigenvalue weighted by Crippen LogP contribution is 2.17. The third-order valence-electron chi connectivity index (χ3n) is 3.58. The van der Waals surface area contributed by atoms with Crippen molar-refractivity contribution in [2.45, 2.75) is 64.0 Å². The first-order valence-corrected chi connectivity index (χ1v) is 6.75. The molecule has 0 aromatic heterocycles. The largest absolute Gasteiger partial charge is 0.480 e. The maximum atomic E-state index is 11.7. The van der Waals surface area contributed by atoms with E-state index in [1.165, 1.54) is 12.8 Å². The minimum absolute atomic E-state index is 0.0688. The molecule has 1 rings (SSSR count). The summed E-state index contributed by atoms with van der Waals surface area (Å²) in [6.45, 7) is 3.63. The predicted octanol–water partition coefficient (Wildman–Crippen LogP) is 1.28. The Morgan fingerprint density at radius 3 is 2.44 bits per heavy atom.